The fraction of sp³-hybridized carbons (Fsp3) is 0.381. The second-order valence-electron chi connectivity index (χ2n) is 7.21. The molecule has 29 heavy (non-hydrogen) atoms. The summed E-state index contributed by atoms with van der Waals surface area (Å²) in [7, 11) is 1.68. The van der Waals surface area contributed by atoms with Crippen LogP contribution in [0.1, 0.15) is 32.2 Å². The van der Waals surface area contributed by atoms with Crippen molar-refractivity contribution in [2.45, 2.75) is 32.7 Å². The number of rotatable bonds is 7. The van der Waals surface area contributed by atoms with Crippen molar-refractivity contribution in [2.24, 2.45) is 4.99 Å². The lowest BCUT2D eigenvalue weighted by atomic mass is 9.84. The number of fused-ring (bicyclic) bond motifs is 1. The van der Waals surface area contributed by atoms with Crippen molar-refractivity contribution in [3.8, 4) is 5.75 Å². The van der Waals surface area contributed by atoms with Crippen molar-refractivity contribution in [3.63, 3.8) is 0 Å². The highest BCUT2D eigenvalue weighted by Crippen LogP contribution is 2.24. The molecule has 0 radical (unpaired) electrons. The van der Waals surface area contributed by atoms with Gasteiger partial charge in [0.1, 0.15) is 12.3 Å². The molecule has 0 bridgehead atoms. The minimum absolute atomic E-state index is 0. The average Bonchev–Trinajstić information content (AvgIpc) is 3.13. The largest absolute Gasteiger partial charge is 0.497 e. The van der Waals surface area contributed by atoms with Crippen LogP contribution in [0.5, 0.6) is 5.75 Å². The van der Waals surface area contributed by atoms with Gasteiger partial charge in [0.15, 0.2) is 17.4 Å². The third kappa shape index (κ3) is 5.81. The number of nitrogens with zero attached hydrogens (tertiary/aromatic N) is 4. The molecule has 156 valence electrons. The van der Waals surface area contributed by atoms with Gasteiger partial charge in [-0.25, -0.2) is 4.99 Å². The van der Waals surface area contributed by atoms with Gasteiger partial charge >= 0.3 is 0 Å². The fourth-order valence-corrected chi connectivity index (χ4v) is 2.94. The molecule has 0 aliphatic carbocycles. The van der Waals surface area contributed by atoms with Gasteiger partial charge in [0, 0.05) is 24.7 Å². The van der Waals surface area contributed by atoms with E-state index in [0.717, 1.165) is 36.3 Å². The van der Waals surface area contributed by atoms with Gasteiger partial charge in [-0.15, -0.1) is 34.2 Å². The molecule has 1 aromatic carbocycles. The first kappa shape index (κ1) is 22.9. The lowest BCUT2D eigenvalue weighted by Gasteiger charge is -2.27. The summed E-state index contributed by atoms with van der Waals surface area (Å²) < 4.78 is 7.20. The molecule has 0 aliphatic rings. The zero-order chi connectivity index (χ0) is 20.0. The van der Waals surface area contributed by atoms with E-state index in [1.807, 2.05) is 40.9 Å². The van der Waals surface area contributed by atoms with Crippen molar-refractivity contribution >= 4 is 35.6 Å². The van der Waals surface area contributed by atoms with E-state index in [9.17, 15) is 0 Å². The first-order chi connectivity index (χ1) is 13.5. The summed E-state index contributed by atoms with van der Waals surface area (Å²) in [5.41, 5.74) is 2.00. The van der Waals surface area contributed by atoms with Crippen LogP contribution in [-0.4, -0.2) is 40.8 Å². The fourth-order valence-electron chi connectivity index (χ4n) is 2.94. The van der Waals surface area contributed by atoms with Crippen LogP contribution in [0.15, 0.2) is 53.7 Å². The number of hydrogen-bond acceptors (Lipinski definition) is 4. The summed E-state index contributed by atoms with van der Waals surface area (Å²) in [5.74, 6) is 2.43. The van der Waals surface area contributed by atoms with E-state index in [0.29, 0.717) is 6.54 Å². The van der Waals surface area contributed by atoms with Crippen molar-refractivity contribution in [1.29, 1.82) is 0 Å². The maximum absolute atomic E-state index is 5.25. The minimum atomic E-state index is -0.0655. The minimum Gasteiger partial charge on any atom is -0.497 e. The standard InChI is InChI=1S/C21H28N6O.HI/c1-5-22-20(23-14-19-26-25-18-8-6-7-13-27(18)19)24-15-21(2,3)16-9-11-17(28-4)12-10-16;/h6-13H,5,14-15H2,1-4H3,(H2,22,23,24);1H. The SMILES string of the molecule is CCNC(=NCc1nnc2ccccn12)NCC(C)(C)c1ccc(OC)cc1.I. The molecule has 7 nitrogen and oxygen atoms in total. The van der Waals surface area contributed by atoms with Gasteiger partial charge in [-0.1, -0.05) is 32.0 Å². The number of pyridine rings is 1. The smallest absolute Gasteiger partial charge is 0.191 e. The third-order valence-electron chi connectivity index (χ3n) is 4.68. The quantitative estimate of drug-likeness (QED) is 0.291. The molecule has 2 heterocycles. The molecule has 0 saturated carbocycles. The zero-order valence-electron chi connectivity index (χ0n) is 17.3. The lowest BCUT2D eigenvalue weighted by Crippen LogP contribution is -2.43. The topological polar surface area (TPSA) is 75.8 Å². The molecule has 0 saturated heterocycles. The predicted octanol–water partition coefficient (Wildman–Crippen LogP) is 3.39. The molecule has 0 spiro atoms. The predicted molar refractivity (Wildman–Crippen MR) is 127 cm³/mol. The summed E-state index contributed by atoms with van der Waals surface area (Å²) in [4.78, 5) is 4.68. The van der Waals surface area contributed by atoms with Crippen LogP contribution in [0.25, 0.3) is 5.65 Å². The van der Waals surface area contributed by atoms with Gasteiger partial charge < -0.3 is 15.4 Å². The van der Waals surface area contributed by atoms with Crippen LogP contribution in [0.4, 0.5) is 0 Å². The Morgan fingerprint density at radius 3 is 2.55 bits per heavy atom. The number of aromatic nitrogens is 3. The van der Waals surface area contributed by atoms with Gasteiger partial charge in [-0.2, -0.15) is 0 Å². The molecule has 2 N–H and O–H groups in total. The Hall–Kier alpha value is -2.36. The second kappa shape index (κ2) is 10.4. The van der Waals surface area contributed by atoms with Crippen molar-refractivity contribution in [1.82, 2.24) is 25.2 Å². The Labute approximate surface area is 189 Å². The number of halogens is 1. The maximum Gasteiger partial charge on any atom is 0.191 e. The van der Waals surface area contributed by atoms with E-state index in [1.54, 1.807) is 7.11 Å². The maximum atomic E-state index is 5.25. The normalized spacial score (nSPS) is 11.8. The third-order valence-corrected chi connectivity index (χ3v) is 4.68. The molecular formula is C21H29IN6O. The van der Waals surface area contributed by atoms with E-state index in [1.165, 1.54) is 5.56 Å². The molecule has 0 unspecified atom stereocenters. The Morgan fingerprint density at radius 1 is 1.10 bits per heavy atom. The van der Waals surface area contributed by atoms with E-state index >= 15 is 0 Å². The highest BCUT2D eigenvalue weighted by Gasteiger charge is 2.21. The van der Waals surface area contributed by atoms with Crippen LogP contribution in [-0.2, 0) is 12.0 Å². The monoisotopic (exact) mass is 508 g/mol. The summed E-state index contributed by atoms with van der Waals surface area (Å²) in [6, 6.07) is 14.0. The molecule has 8 heteroatoms. The highest BCUT2D eigenvalue weighted by molar-refractivity contribution is 14.0. The molecule has 2 aromatic heterocycles. The van der Waals surface area contributed by atoms with E-state index in [4.69, 9.17) is 4.74 Å². The van der Waals surface area contributed by atoms with Gasteiger partial charge in [-0.05, 0) is 36.8 Å². The number of hydrogen-bond donors (Lipinski definition) is 2. The number of methoxy groups -OCH3 is 1. The van der Waals surface area contributed by atoms with E-state index < -0.39 is 0 Å². The number of ether oxygens (including phenoxy) is 1. The van der Waals surface area contributed by atoms with E-state index in [2.05, 4.69) is 58.7 Å². The van der Waals surface area contributed by atoms with Crippen LogP contribution in [0.3, 0.4) is 0 Å². The average molecular weight is 508 g/mol. The van der Waals surface area contributed by atoms with Crippen LogP contribution in [0.2, 0.25) is 0 Å². The number of guanidine groups is 1. The Balaban J connectivity index is 0.00000300. The molecule has 0 fully saturated rings. The van der Waals surface area contributed by atoms with Gasteiger partial charge in [0.05, 0.1) is 7.11 Å². The van der Waals surface area contributed by atoms with Gasteiger partial charge in [0.25, 0.3) is 0 Å². The Bertz CT molecular complexity index is 936. The van der Waals surface area contributed by atoms with Crippen LogP contribution < -0.4 is 15.4 Å². The van der Waals surface area contributed by atoms with Crippen molar-refractivity contribution < 1.29 is 4.74 Å². The number of benzene rings is 1. The summed E-state index contributed by atoms with van der Waals surface area (Å²) >= 11 is 0. The Morgan fingerprint density at radius 2 is 1.86 bits per heavy atom. The summed E-state index contributed by atoms with van der Waals surface area (Å²) in [5, 5.41) is 15.2. The van der Waals surface area contributed by atoms with Crippen LogP contribution in [0, 0.1) is 0 Å². The number of aliphatic imine (C=N–C) groups is 1. The summed E-state index contributed by atoms with van der Waals surface area (Å²) in [6.45, 7) is 8.44. The second-order valence-corrected chi connectivity index (χ2v) is 7.21. The molecule has 0 atom stereocenters. The number of nitrogens with one attached hydrogen (secondary N) is 2. The van der Waals surface area contributed by atoms with Gasteiger partial charge in [-0.3, -0.25) is 4.40 Å². The molecule has 3 aromatic rings. The lowest BCUT2D eigenvalue weighted by molar-refractivity contribution is 0.414. The van der Waals surface area contributed by atoms with Crippen molar-refractivity contribution in [3.05, 3.63) is 60.0 Å². The molecule has 0 aliphatic heterocycles. The van der Waals surface area contributed by atoms with E-state index in [-0.39, 0.29) is 29.4 Å². The molecule has 0 amide bonds. The van der Waals surface area contributed by atoms with Crippen molar-refractivity contribution in [2.75, 3.05) is 20.2 Å². The van der Waals surface area contributed by atoms with Crippen LogP contribution >= 0.6 is 24.0 Å². The first-order valence-electron chi connectivity index (χ1n) is 9.49. The Kier molecular flexibility index (Phi) is 8.24. The highest BCUT2D eigenvalue weighted by atomic mass is 127. The first-order valence-corrected chi connectivity index (χ1v) is 9.49. The summed E-state index contributed by atoms with van der Waals surface area (Å²) in [6.07, 6.45) is 1.95. The van der Waals surface area contributed by atoms with Gasteiger partial charge in [0.2, 0.25) is 0 Å². The molecular weight excluding hydrogens is 479 g/mol. The zero-order valence-corrected chi connectivity index (χ0v) is 19.7. The molecule has 3 rings (SSSR count).